The van der Waals surface area contributed by atoms with Gasteiger partial charge in [-0.1, -0.05) is 19.8 Å². The number of rotatable bonds is 5. The average Bonchev–Trinajstić information content (AvgIpc) is 2.60. The number of aliphatic hydroxyl groups excluding tert-OH is 1. The number of guanidine groups is 1. The molecule has 2 aliphatic rings. The van der Waals surface area contributed by atoms with Gasteiger partial charge in [0.1, 0.15) is 0 Å². The maximum Gasteiger partial charge on any atom is 0.219 e. The summed E-state index contributed by atoms with van der Waals surface area (Å²) >= 11 is 0. The lowest BCUT2D eigenvalue weighted by atomic mass is 9.73. The van der Waals surface area contributed by atoms with Crippen LogP contribution in [-0.2, 0) is 4.79 Å². The van der Waals surface area contributed by atoms with E-state index in [9.17, 15) is 9.90 Å². The first-order chi connectivity index (χ1) is 11.9. The quantitative estimate of drug-likeness (QED) is 0.520. The van der Waals surface area contributed by atoms with Crippen molar-refractivity contribution in [1.82, 2.24) is 15.5 Å². The molecular weight excluding hydrogens is 316 g/mol. The van der Waals surface area contributed by atoms with E-state index in [0.29, 0.717) is 12.5 Å². The summed E-state index contributed by atoms with van der Waals surface area (Å²) in [6.45, 7) is 9.96. The average molecular weight is 353 g/mol. The first-order valence-corrected chi connectivity index (χ1v) is 9.90. The fraction of sp³-hybridized carbons (Fsp3) is 0.895. The van der Waals surface area contributed by atoms with E-state index in [1.54, 1.807) is 6.92 Å². The van der Waals surface area contributed by atoms with Gasteiger partial charge in [-0.15, -0.1) is 0 Å². The van der Waals surface area contributed by atoms with Crippen LogP contribution >= 0.6 is 0 Å². The van der Waals surface area contributed by atoms with E-state index in [2.05, 4.69) is 24.5 Å². The second-order valence-electron chi connectivity index (χ2n) is 7.94. The lowest BCUT2D eigenvalue weighted by Crippen LogP contribution is -2.45. The number of hydrogen-bond acceptors (Lipinski definition) is 3. The van der Waals surface area contributed by atoms with Crippen LogP contribution in [-0.4, -0.2) is 60.7 Å². The van der Waals surface area contributed by atoms with Gasteiger partial charge in [0.2, 0.25) is 5.91 Å². The molecule has 0 bridgehead atoms. The number of amides is 1. The van der Waals surface area contributed by atoms with Gasteiger partial charge in [0.15, 0.2) is 5.96 Å². The minimum absolute atomic E-state index is 0.104. The molecule has 0 radical (unpaired) electrons. The summed E-state index contributed by atoms with van der Waals surface area (Å²) in [4.78, 5) is 18.1. The molecule has 25 heavy (non-hydrogen) atoms. The topological polar surface area (TPSA) is 77.0 Å². The van der Waals surface area contributed by atoms with E-state index in [4.69, 9.17) is 4.99 Å². The van der Waals surface area contributed by atoms with E-state index in [1.165, 1.54) is 6.42 Å². The normalized spacial score (nSPS) is 28.7. The number of piperidine rings is 1. The molecule has 0 spiro atoms. The van der Waals surface area contributed by atoms with Crippen LogP contribution in [0.15, 0.2) is 4.99 Å². The lowest BCUT2D eigenvalue weighted by Gasteiger charge is -2.37. The smallest absolute Gasteiger partial charge is 0.219 e. The van der Waals surface area contributed by atoms with Crippen LogP contribution in [0.3, 0.4) is 0 Å². The Morgan fingerprint density at radius 1 is 1.24 bits per heavy atom. The molecule has 2 fully saturated rings. The molecule has 1 amide bonds. The van der Waals surface area contributed by atoms with Crippen molar-refractivity contribution < 1.29 is 9.90 Å². The maximum atomic E-state index is 11.4. The largest absolute Gasteiger partial charge is 0.392 e. The predicted octanol–water partition coefficient (Wildman–Crippen LogP) is 1.74. The zero-order chi connectivity index (χ0) is 18.3. The minimum atomic E-state index is -0.246. The summed E-state index contributed by atoms with van der Waals surface area (Å²) in [5, 5.41) is 17.1. The third-order valence-corrected chi connectivity index (χ3v) is 5.84. The monoisotopic (exact) mass is 352 g/mol. The number of nitrogens with one attached hydrogen (secondary N) is 2. The van der Waals surface area contributed by atoms with Crippen LogP contribution in [0.5, 0.6) is 0 Å². The number of aliphatic hydroxyl groups is 1. The third-order valence-electron chi connectivity index (χ3n) is 5.84. The summed E-state index contributed by atoms with van der Waals surface area (Å²) < 4.78 is 0. The number of nitrogens with zero attached hydrogens (tertiary/aromatic N) is 2. The van der Waals surface area contributed by atoms with Crippen molar-refractivity contribution in [2.75, 3.05) is 32.7 Å². The number of likely N-dealkylation sites (tertiary alicyclic amines) is 1. The standard InChI is InChI=1S/C19H36N4O2/c1-4-20-18(22-14-19(3)10-6-5-7-17(19)25)21-13-16-8-11-23(12-9-16)15(2)24/h16-17,25H,4-14H2,1-3H3,(H2,20,21,22). The van der Waals surface area contributed by atoms with Crippen molar-refractivity contribution in [3.63, 3.8) is 0 Å². The molecule has 1 aliphatic carbocycles. The third kappa shape index (κ3) is 5.87. The van der Waals surface area contributed by atoms with Crippen molar-refractivity contribution >= 4 is 11.9 Å². The van der Waals surface area contributed by atoms with Gasteiger partial charge < -0.3 is 20.6 Å². The molecule has 144 valence electrons. The van der Waals surface area contributed by atoms with Crippen LogP contribution in [0.4, 0.5) is 0 Å². The first kappa shape index (κ1) is 20.0. The van der Waals surface area contributed by atoms with Gasteiger partial charge in [0, 0.05) is 38.5 Å². The minimum Gasteiger partial charge on any atom is -0.392 e. The molecule has 6 nitrogen and oxygen atoms in total. The Bertz CT molecular complexity index is 460. The van der Waals surface area contributed by atoms with Crippen molar-refractivity contribution in [3.05, 3.63) is 0 Å². The Labute approximate surface area is 152 Å². The predicted molar refractivity (Wildman–Crippen MR) is 102 cm³/mol. The van der Waals surface area contributed by atoms with E-state index in [-0.39, 0.29) is 17.4 Å². The SMILES string of the molecule is CCNC(=NCC1(C)CCCCC1O)NCC1CCN(C(C)=O)CC1. The molecule has 6 heteroatoms. The van der Waals surface area contributed by atoms with Gasteiger partial charge in [-0.2, -0.15) is 0 Å². The molecule has 0 aromatic rings. The molecule has 0 aromatic carbocycles. The van der Waals surface area contributed by atoms with Gasteiger partial charge in [-0.3, -0.25) is 9.79 Å². The number of aliphatic imine (C=N–C) groups is 1. The Hall–Kier alpha value is -1.30. The summed E-state index contributed by atoms with van der Waals surface area (Å²) in [5.74, 6) is 1.60. The summed E-state index contributed by atoms with van der Waals surface area (Å²) in [7, 11) is 0. The lowest BCUT2D eigenvalue weighted by molar-refractivity contribution is -0.130. The summed E-state index contributed by atoms with van der Waals surface area (Å²) in [5.41, 5.74) is -0.104. The van der Waals surface area contributed by atoms with Gasteiger partial charge >= 0.3 is 0 Å². The molecule has 0 aromatic heterocycles. The van der Waals surface area contributed by atoms with Gasteiger partial charge in [-0.05, 0) is 38.5 Å². The molecule has 3 N–H and O–H groups in total. The highest BCUT2D eigenvalue weighted by atomic mass is 16.3. The molecule has 1 aliphatic heterocycles. The number of hydrogen-bond donors (Lipinski definition) is 3. The Morgan fingerprint density at radius 2 is 1.96 bits per heavy atom. The van der Waals surface area contributed by atoms with Gasteiger partial charge in [0.25, 0.3) is 0 Å². The molecule has 2 rings (SSSR count). The van der Waals surface area contributed by atoms with E-state index in [1.807, 2.05) is 4.90 Å². The van der Waals surface area contributed by atoms with Crippen LogP contribution in [0.2, 0.25) is 0 Å². The second-order valence-corrected chi connectivity index (χ2v) is 7.94. The molecular formula is C19H36N4O2. The molecule has 2 atom stereocenters. The van der Waals surface area contributed by atoms with Gasteiger partial charge in [-0.25, -0.2) is 0 Å². The van der Waals surface area contributed by atoms with Crippen LogP contribution in [0, 0.1) is 11.3 Å². The highest BCUT2D eigenvalue weighted by Crippen LogP contribution is 2.36. The Kier molecular flexibility index (Phi) is 7.54. The summed E-state index contributed by atoms with van der Waals surface area (Å²) in [6, 6.07) is 0. The molecule has 1 heterocycles. The summed E-state index contributed by atoms with van der Waals surface area (Å²) in [6.07, 6.45) is 6.08. The van der Waals surface area contributed by atoms with Crippen molar-refractivity contribution in [2.24, 2.45) is 16.3 Å². The van der Waals surface area contributed by atoms with E-state index < -0.39 is 0 Å². The fourth-order valence-electron chi connectivity index (χ4n) is 3.86. The van der Waals surface area contributed by atoms with Crippen LogP contribution in [0.25, 0.3) is 0 Å². The fourth-order valence-corrected chi connectivity index (χ4v) is 3.86. The number of carbonyl (C=O) groups is 1. The second kappa shape index (κ2) is 9.41. The zero-order valence-electron chi connectivity index (χ0n) is 16.2. The van der Waals surface area contributed by atoms with E-state index >= 15 is 0 Å². The molecule has 1 saturated carbocycles. The molecule has 1 saturated heterocycles. The van der Waals surface area contributed by atoms with Crippen molar-refractivity contribution in [1.29, 1.82) is 0 Å². The van der Waals surface area contributed by atoms with Crippen LogP contribution < -0.4 is 10.6 Å². The number of carbonyl (C=O) groups excluding carboxylic acids is 1. The molecule has 2 unspecified atom stereocenters. The first-order valence-electron chi connectivity index (χ1n) is 9.90. The highest BCUT2D eigenvalue weighted by Gasteiger charge is 2.35. The van der Waals surface area contributed by atoms with Crippen LogP contribution in [0.1, 0.15) is 59.3 Å². The Balaban J connectivity index is 1.83. The van der Waals surface area contributed by atoms with Crippen molar-refractivity contribution in [3.8, 4) is 0 Å². The Morgan fingerprint density at radius 3 is 2.56 bits per heavy atom. The van der Waals surface area contributed by atoms with Crippen molar-refractivity contribution in [2.45, 2.75) is 65.4 Å². The van der Waals surface area contributed by atoms with Gasteiger partial charge in [0.05, 0.1) is 12.6 Å². The zero-order valence-corrected chi connectivity index (χ0v) is 16.2. The highest BCUT2D eigenvalue weighted by molar-refractivity contribution is 5.79. The maximum absolute atomic E-state index is 11.4. The van der Waals surface area contributed by atoms with E-state index in [0.717, 1.165) is 64.2 Å².